The highest BCUT2D eigenvalue weighted by molar-refractivity contribution is 7.89. The van der Waals surface area contributed by atoms with Crippen molar-refractivity contribution >= 4 is 10.0 Å². The Balaban J connectivity index is 3.01. The summed E-state index contributed by atoms with van der Waals surface area (Å²) in [6.45, 7) is 2.25. The Kier molecular flexibility index (Phi) is 4.26. The number of nitrogens with zero attached hydrogens (tertiary/aromatic N) is 1. The molecular formula is C10H15NO3S. The molecule has 0 spiro atoms. The van der Waals surface area contributed by atoms with Gasteiger partial charge in [0.25, 0.3) is 10.0 Å². The number of sulfonamides is 1. The van der Waals surface area contributed by atoms with Crippen LogP contribution in [0.2, 0.25) is 0 Å². The largest absolute Gasteiger partial charge is 0.287 e. The molecule has 0 atom stereocenters. The quantitative estimate of drug-likeness (QED) is 0.721. The fourth-order valence-electron chi connectivity index (χ4n) is 1.20. The minimum Gasteiger partial charge on any atom is -0.287 e. The predicted octanol–water partition coefficient (Wildman–Crippen LogP) is 1.65. The Morgan fingerprint density at radius 3 is 2.33 bits per heavy atom. The summed E-state index contributed by atoms with van der Waals surface area (Å²) in [5.74, 6) is 0. The van der Waals surface area contributed by atoms with Crippen molar-refractivity contribution in [3.8, 4) is 0 Å². The van der Waals surface area contributed by atoms with Crippen LogP contribution in [-0.4, -0.2) is 26.5 Å². The van der Waals surface area contributed by atoms with Gasteiger partial charge in [0.2, 0.25) is 0 Å². The van der Waals surface area contributed by atoms with E-state index in [9.17, 15) is 8.42 Å². The van der Waals surface area contributed by atoms with E-state index in [0.717, 1.165) is 4.47 Å². The van der Waals surface area contributed by atoms with Crippen molar-refractivity contribution in [2.24, 2.45) is 0 Å². The molecule has 0 saturated carbocycles. The van der Waals surface area contributed by atoms with Crippen molar-refractivity contribution in [3.63, 3.8) is 0 Å². The molecule has 0 unspecified atom stereocenters. The number of benzene rings is 1. The van der Waals surface area contributed by atoms with Crippen LogP contribution in [0.15, 0.2) is 35.2 Å². The van der Waals surface area contributed by atoms with Crippen LogP contribution in [0, 0.1) is 0 Å². The third-order valence-electron chi connectivity index (χ3n) is 1.92. The first-order valence-corrected chi connectivity index (χ1v) is 6.18. The summed E-state index contributed by atoms with van der Waals surface area (Å²) < 4.78 is 24.9. The molecule has 5 heteroatoms. The number of hydroxylamine groups is 1. The molecular weight excluding hydrogens is 214 g/mol. The topological polar surface area (TPSA) is 46.6 Å². The maximum Gasteiger partial charge on any atom is 0.264 e. The van der Waals surface area contributed by atoms with E-state index in [4.69, 9.17) is 4.84 Å². The molecule has 0 radical (unpaired) electrons. The molecule has 0 bridgehead atoms. The Labute approximate surface area is 90.5 Å². The number of hydrogen-bond donors (Lipinski definition) is 0. The third kappa shape index (κ3) is 2.77. The number of hydrogen-bond acceptors (Lipinski definition) is 3. The van der Waals surface area contributed by atoms with Crippen molar-refractivity contribution in [1.29, 1.82) is 0 Å². The van der Waals surface area contributed by atoms with Crippen molar-refractivity contribution in [3.05, 3.63) is 30.3 Å². The molecule has 0 aromatic heterocycles. The lowest BCUT2D eigenvalue weighted by Gasteiger charge is -2.18. The molecule has 0 aliphatic rings. The van der Waals surface area contributed by atoms with E-state index >= 15 is 0 Å². The second-order valence-corrected chi connectivity index (χ2v) is 4.86. The van der Waals surface area contributed by atoms with E-state index in [2.05, 4.69) is 0 Å². The standard InChI is InChI=1S/C10H15NO3S/c1-3-9-11(14-2)15(12,13)10-7-5-4-6-8-10/h4-8H,3,9H2,1-2H3. The summed E-state index contributed by atoms with van der Waals surface area (Å²) in [4.78, 5) is 5.11. The Bertz CT molecular complexity index is 388. The lowest BCUT2D eigenvalue weighted by atomic mass is 10.4. The highest BCUT2D eigenvalue weighted by Gasteiger charge is 2.23. The number of rotatable bonds is 5. The van der Waals surface area contributed by atoms with Crippen LogP contribution in [0.5, 0.6) is 0 Å². The SMILES string of the molecule is CCCN(OC)S(=O)(=O)c1ccccc1. The zero-order chi connectivity index (χ0) is 11.3. The Morgan fingerprint density at radius 1 is 1.27 bits per heavy atom. The highest BCUT2D eigenvalue weighted by atomic mass is 32.2. The lowest BCUT2D eigenvalue weighted by molar-refractivity contribution is -0.0482. The molecule has 0 aliphatic carbocycles. The van der Waals surface area contributed by atoms with Crippen LogP contribution in [0.25, 0.3) is 0 Å². The second-order valence-electron chi connectivity index (χ2n) is 3.03. The second kappa shape index (κ2) is 5.25. The Hall–Kier alpha value is -0.910. The lowest BCUT2D eigenvalue weighted by Crippen LogP contribution is -2.30. The molecule has 0 fully saturated rings. The van der Waals surface area contributed by atoms with Gasteiger partial charge in [0.05, 0.1) is 12.0 Å². The molecule has 0 amide bonds. The van der Waals surface area contributed by atoms with Gasteiger partial charge in [-0.15, -0.1) is 0 Å². The van der Waals surface area contributed by atoms with Crippen LogP contribution in [-0.2, 0) is 14.9 Å². The van der Waals surface area contributed by atoms with E-state index in [-0.39, 0.29) is 4.90 Å². The van der Waals surface area contributed by atoms with Gasteiger partial charge in [0.15, 0.2) is 0 Å². The maximum atomic E-state index is 12.0. The maximum absolute atomic E-state index is 12.0. The van der Waals surface area contributed by atoms with Crippen molar-refractivity contribution < 1.29 is 13.3 Å². The summed E-state index contributed by atoms with van der Waals surface area (Å²) in [5, 5.41) is 0. The van der Waals surface area contributed by atoms with Gasteiger partial charge in [-0.2, -0.15) is 0 Å². The fourth-order valence-corrected chi connectivity index (χ4v) is 2.56. The molecule has 0 N–H and O–H groups in total. The monoisotopic (exact) mass is 229 g/mol. The van der Waals surface area contributed by atoms with Gasteiger partial charge in [0, 0.05) is 6.54 Å². The fraction of sp³-hybridized carbons (Fsp3) is 0.400. The first-order valence-electron chi connectivity index (χ1n) is 4.74. The van der Waals surface area contributed by atoms with Gasteiger partial charge in [0.1, 0.15) is 0 Å². The van der Waals surface area contributed by atoms with E-state index in [1.165, 1.54) is 7.11 Å². The smallest absolute Gasteiger partial charge is 0.264 e. The van der Waals surface area contributed by atoms with E-state index < -0.39 is 10.0 Å². The normalized spacial score (nSPS) is 11.9. The molecule has 1 aromatic rings. The molecule has 0 heterocycles. The van der Waals surface area contributed by atoms with Crippen LogP contribution >= 0.6 is 0 Å². The molecule has 15 heavy (non-hydrogen) atoms. The van der Waals surface area contributed by atoms with Gasteiger partial charge >= 0.3 is 0 Å². The van der Waals surface area contributed by atoms with Gasteiger partial charge in [-0.05, 0) is 18.6 Å². The van der Waals surface area contributed by atoms with E-state index in [1.807, 2.05) is 6.92 Å². The summed E-state index contributed by atoms with van der Waals surface area (Å²) in [6.07, 6.45) is 0.708. The Morgan fingerprint density at radius 2 is 1.87 bits per heavy atom. The van der Waals surface area contributed by atoms with Crippen LogP contribution < -0.4 is 0 Å². The van der Waals surface area contributed by atoms with Crippen LogP contribution in [0.3, 0.4) is 0 Å². The molecule has 84 valence electrons. The summed E-state index contributed by atoms with van der Waals surface area (Å²) in [7, 11) is -2.14. The van der Waals surface area contributed by atoms with E-state index in [0.29, 0.717) is 13.0 Å². The van der Waals surface area contributed by atoms with Gasteiger partial charge < -0.3 is 0 Å². The minimum atomic E-state index is -3.50. The van der Waals surface area contributed by atoms with Gasteiger partial charge in [-0.25, -0.2) is 8.42 Å². The molecule has 0 saturated heterocycles. The van der Waals surface area contributed by atoms with E-state index in [1.54, 1.807) is 30.3 Å². The van der Waals surface area contributed by atoms with Crippen LogP contribution in [0.4, 0.5) is 0 Å². The molecule has 1 rings (SSSR count). The van der Waals surface area contributed by atoms with Crippen molar-refractivity contribution in [2.75, 3.05) is 13.7 Å². The first kappa shape index (κ1) is 12.2. The summed E-state index contributed by atoms with van der Waals surface area (Å²) in [6, 6.07) is 8.25. The first-order chi connectivity index (χ1) is 7.12. The zero-order valence-electron chi connectivity index (χ0n) is 8.88. The zero-order valence-corrected chi connectivity index (χ0v) is 9.70. The van der Waals surface area contributed by atoms with Crippen molar-refractivity contribution in [1.82, 2.24) is 4.47 Å². The molecule has 0 aliphatic heterocycles. The highest BCUT2D eigenvalue weighted by Crippen LogP contribution is 2.15. The average molecular weight is 229 g/mol. The third-order valence-corrected chi connectivity index (χ3v) is 3.65. The van der Waals surface area contributed by atoms with Gasteiger partial charge in [-0.3, -0.25) is 4.84 Å². The minimum absolute atomic E-state index is 0.250. The molecule has 1 aromatic carbocycles. The van der Waals surface area contributed by atoms with Crippen molar-refractivity contribution in [2.45, 2.75) is 18.2 Å². The van der Waals surface area contributed by atoms with Gasteiger partial charge in [-0.1, -0.05) is 29.6 Å². The summed E-state index contributed by atoms with van der Waals surface area (Å²) >= 11 is 0. The average Bonchev–Trinajstić information content (AvgIpc) is 2.27. The molecule has 4 nitrogen and oxygen atoms in total. The predicted molar refractivity (Wildman–Crippen MR) is 57.6 cm³/mol. The van der Waals surface area contributed by atoms with Crippen LogP contribution in [0.1, 0.15) is 13.3 Å². The summed E-state index contributed by atoms with van der Waals surface area (Å²) in [5.41, 5.74) is 0.